The molecule has 145 valence electrons. The molecule has 0 saturated heterocycles. The second-order valence-corrected chi connectivity index (χ2v) is 2.64. The van der Waals surface area contributed by atoms with Crippen molar-refractivity contribution in [3.8, 4) is 0 Å². The third kappa shape index (κ3) is 94.1. The molecule has 0 amide bonds. The van der Waals surface area contributed by atoms with Crippen molar-refractivity contribution in [2.45, 2.75) is 0 Å². The van der Waals surface area contributed by atoms with Crippen molar-refractivity contribution >= 4 is 23.9 Å². The Balaban J connectivity index is -0.0000000702. The van der Waals surface area contributed by atoms with Gasteiger partial charge in [-0.3, -0.25) is 0 Å². The second kappa shape index (κ2) is 29.0. The number of carbonyl (C=O) groups excluding carboxylic acids is 4. The van der Waals surface area contributed by atoms with E-state index < -0.39 is 50.1 Å². The van der Waals surface area contributed by atoms with E-state index in [-0.39, 0.29) is 20.1 Å². The van der Waals surface area contributed by atoms with Gasteiger partial charge in [0.25, 0.3) is 0 Å². The maximum Gasteiger partial charge on any atom is 0.120 e. The zero-order chi connectivity index (χ0) is 20.0. The summed E-state index contributed by atoms with van der Waals surface area (Å²) >= 11 is 0. The number of carbonyl (C=O) groups is 4. The quantitative estimate of drug-likeness (QED) is 0.258. The molecule has 0 N–H and O–H groups in total. The van der Waals surface area contributed by atoms with Gasteiger partial charge in [0, 0.05) is 20.1 Å². The molecule has 0 bridgehead atoms. The van der Waals surface area contributed by atoms with Gasteiger partial charge >= 0.3 is 0 Å². The summed E-state index contributed by atoms with van der Waals surface area (Å²) in [6.07, 6.45) is 0. The van der Waals surface area contributed by atoms with E-state index in [1.54, 1.807) is 0 Å². The minimum Gasteiger partial charge on any atom is -0.548 e. The van der Waals surface area contributed by atoms with Crippen LogP contribution in [0.15, 0.2) is 20.7 Å². The van der Waals surface area contributed by atoms with Gasteiger partial charge in [0.2, 0.25) is 0 Å². The molecule has 0 fully saturated rings. The molecule has 0 heterocycles. The Labute approximate surface area is 150 Å². The first-order chi connectivity index (χ1) is 11.1. The fourth-order valence-corrected chi connectivity index (χ4v) is 0.211. The van der Waals surface area contributed by atoms with Crippen LogP contribution in [-0.2, 0) is 39.3 Å². The maximum absolute atomic E-state index is 9.19. The fourth-order valence-electron chi connectivity index (χ4n) is 0.211. The molecule has 0 aliphatic heterocycles. The first-order valence-electron chi connectivity index (χ1n) is 5.04. The summed E-state index contributed by atoms with van der Waals surface area (Å²) in [6, 6.07) is 0. The molecule has 0 saturated carbocycles. The Morgan fingerprint density at radius 3 is 0.600 bits per heavy atom. The standard InChI is InChI=1S/4C2H3NO3.Ir/c4*4-2(5)1-3-6;/h4*1H2,(H,4,5);/p-4. The van der Waals surface area contributed by atoms with Crippen LogP contribution in [0.5, 0.6) is 0 Å². The van der Waals surface area contributed by atoms with Gasteiger partial charge in [0.1, 0.15) is 26.2 Å². The normalized spacial score (nSPS) is 7.04. The van der Waals surface area contributed by atoms with Gasteiger partial charge in [0.15, 0.2) is 0 Å². The molecule has 0 aromatic rings. The first-order valence-corrected chi connectivity index (χ1v) is 5.04. The second-order valence-electron chi connectivity index (χ2n) is 2.64. The molecule has 0 aliphatic carbocycles. The van der Waals surface area contributed by atoms with Gasteiger partial charge in [-0.15, -0.1) is 0 Å². The average Bonchev–Trinajstić information content (AvgIpc) is 2.39. The molecular formula is C8H8IrN4O12-4. The smallest absolute Gasteiger partial charge is 0.120 e. The minimum atomic E-state index is -1.44. The van der Waals surface area contributed by atoms with Crippen LogP contribution in [0.2, 0.25) is 0 Å². The number of hydrogen-bond acceptors (Lipinski definition) is 16. The molecule has 25 heavy (non-hydrogen) atoms. The third-order valence-electron chi connectivity index (χ3n) is 0.775. The zero-order valence-electron chi connectivity index (χ0n) is 11.8. The van der Waals surface area contributed by atoms with Gasteiger partial charge in [-0.05, 0) is 0 Å². The summed E-state index contributed by atoms with van der Waals surface area (Å²) in [5.41, 5.74) is 0. The molecule has 0 rings (SSSR count). The van der Waals surface area contributed by atoms with Gasteiger partial charge in [0.05, 0.1) is 23.9 Å². The van der Waals surface area contributed by atoms with Crippen molar-refractivity contribution in [1.29, 1.82) is 0 Å². The summed E-state index contributed by atoms with van der Waals surface area (Å²) in [5, 5.41) is 44.9. The van der Waals surface area contributed by atoms with Crippen molar-refractivity contribution in [2.75, 3.05) is 26.2 Å². The van der Waals surface area contributed by atoms with Crippen LogP contribution < -0.4 is 20.4 Å². The van der Waals surface area contributed by atoms with Gasteiger partial charge < -0.3 is 39.6 Å². The molecular weight excluding hydrogens is 536 g/mol. The van der Waals surface area contributed by atoms with E-state index in [0.717, 1.165) is 0 Å². The Morgan fingerprint density at radius 1 is 0.480 bits per heavy atom. The number of aliphatic carboxylic acids is 4. The van der Waals surface area contributed by atoms with Crippen LogP contribution in [0.1, 0.15) is 0 Å². The summed E-state index contributed by atoms with van der Waals surface area (Å²) < 4.78 is 0. The van der Waals surface area contributed by atoms with Crippen molar-refractivity contribution in [1.82, 2.24) is 0 Å². The van der Waals surface area contributed by atoms with Crippen LogP contribution in [-0.4, -0.2) is 50.1 Å². The number of nitroso groups, excluding NO2 is 4. The number of carboxylic acids is 4. The molecule has 1 radical (unpaired) electrons. The predicted octanol–water partition coefficient (Wildman–Crippen LogP) is -5.99. The van der Waals surface area contributed by atoms with Crippen LogP contribution in [0.3, 0.4) is 0 Å². The Bertz CT molecular complexity index is 363. The first kappa shape index (κ1) is 33.5. The summed E-state index contributed by atoms with van der Waals surface area (Å²) in [7, 11) is 0. The third-order valence-corrected chi connectivity index (χ3v) is 0.775. The van der Waals surface area contributed by atoms with E-state index in [2.05, 4.69) is 0 Å². The van der Waals surface area contributed by atoms with E-state index >= 15 is 0 Å². The fraction of sp³-hybridized carbons (Fsp3) is 0.500. The zero-order valence-corrected chi connectivity index (χ0v) is 14.2. The van der Waals surface area contributed by atoms with Crippen molar-refractivity contribution in [3.63, 3.8) is 0 Å². The summed E-state index contributed by atoms with van der Waals surface area (Å²) in [5.74, 6) is -5.76. The number of rotatable bonds is 8. The van der Waals surface area contributed by atoms with E-state index in [0.29, 0.717) is 0 Å². The van der Waals surface area contributed by atoms with Crippen LogP contribution in [0.25, 0.3) is 0 Å². The summed E-state index contributed by atoms with van der Waals surface area (Å²) in [4.78, 5) is 72.6. The van der Waals surface area contributed by atoms with Crippen molar-refractivity contribution in [3.05, 3.63) is 19.6 Å². The minimum absolute atomic E-state index is 0. The summed E-state index contributed by atoms with van der Waals surface area (Å²) in [6.45, 7) is -3.00. The number of hydrogen-bond donors (Lipinski definition) is 0. The maximum atomic E-state index is 9.19. The van der Waals surface area contributed by atoms with Crippen LogP contribution in [0.4, 0.5) is 0 Å². The molecule has 17 heteroatoms. The monoisotopic (exact) mass is 545 g/mol. The van der Waals surface area contributed by atoms with Gasteiger partial charge in [-0.1, -0.05) is 20.7 Å². The molecule has 0 spiro atoms. The predicted molar refractivity (Wildman–Crippen MR) is 62.7 cm³/mol. The van der Waals surface area contributed by atoms with E-state index in [1.807, 2.05) is 20.7 Å². The Hall–Kier alpha value is -3.07. The molecule has 0 aromatic carbocycles. The Kier molecular flexibility index (Phi) is 38.9. The molecule has 0 aromatic heterocycles. The average molecular weight is 544 g/mol. The van der Waals surface area contributed by atoms with Crippen LogP contribution in [0, 0.1) is 19.6 Å². The SMILES string of the molecule is O=NCC(=O)[O-].O=NCC(=O)[O-].O=NCC(=O)[O-].O=NCC(=O)[O-].[Ir]. The van der Waals surface area contributed by atoms with Gasteiger partial charge in [-0.25, -0.2) is 0 Å². The number of carboxylic acid groups (broad SMARTS) is 4. The largest absolute Gasteiger partial charge is 0.548 e. The molecule has 0 aliphatic rings. The molecule has 0 unspecified atom stereocenters. The molecule has 0 atom stereocenters. The van der Waals surface area contributed by atoms with E-state index in [9.17, 15) is 39.6 Å². The van der Waals surface area contributed by atoms with Gasteiger partial charge in [-0.2, -0.15) is 19.6 Å². The van der Waals surface area contributed by atoms with E-state index in [4.69, 9.17) is 19.6 Å². The van der Waals surface area contributed by atoms with Crippen molar-refractivity contribution < 1.29 is 59.7 Å². The topological polar surface area (TPSA) is 278 Å². The Morgan fingerprint density at radius 2 is 0.600 bits per heavy atom. The van der Waals surface area contributed by atoms with Crippen molar-refractivity contribution in [2.24, 2.45) is 20.7 Å². The van der Waals surface area contributed by atoms with E-state index in [1.165, 1.54) is 0 Å². The van der Waals surface area contributed by atoms with Crippen LogP contribution >= 0.6 is 0 Å². The molecule has 16 nitrogen and oxygen atoms in total. The number of nitrogens with zero attached hydrogens (tertiary/aromatic N) is 4.